The van der Waals surface area contributed by atoms with E-state index in [1.165, 1.54) is 17.5 Å². The first-order chi connectivity index (χ1) is 9.69. The fraction of sp³-hybridized carbons (Fsp3) is 0.294. The van der Waals surface area contributed by atoms with Gasteiger partial charge in [-0.1, -0.05) is 53.5 Å². The van der Waals surface area contributed by atoms with Gasteiger partial charge in [0.25, 0.3) is 0 Å². The third kappa shape index (κ3) is 2.85. The molecule has 1 nitrogen and oxygen atoms in total. The second-order valence-electron chi connectivity index (χ2n) is 5.39. The van der Waals surface area contributed by atoms with E-state index in [1.54, 1.807) is 6.07 Å². The van der Waals surface area contributed by atoms with Crippen molar-refractivity contribution in [1.29, 1.82) is 0 Å². The van der Waals surface area contributed by atoms with Gasteiger partial charge < -0.3 is 5.32 Å². The molecule has 0 aliphatic heterocycles. The Morgan fingerprint density at radius 2 is 1.70 bits per heavy atom. The van der Waals surface area contributed by atoms with Gasteiger partial charge in [-0.25, -0.2) is 0 Å². The summed E-state index contributed by atoms with van der Waals surface area (Å²) in [6.07, 6.45) is 1.21. The van der Waals surface area contributed by atoms with Crippen molar-refractivity contribution in [3.63, 3.8) is 0 Å². The van der Waals surface area contributed by atoms with E-state index in [0.29, 0.717) is 27.9 Å². The fourth-order valence-corrected chi connectivity index (χ4v) is 3.59. The lowest BCUT2D eigenvalue weighted by Crippen LogP contribution is -2.19. The molecule has 2 aromatic carbocycles. The zero-order valence-corrected chi connectivity index (χ0v) is 12.8. The molecule has 1 fully saturated rings. The lowest BCUT2D eigenvalue weighted by atomic mass is 9.99. The van der Waals surface area contributed by atoms with E-state index in [0.717, 1.165) is 0 Å². The summed E-state index contributed by atoms with van der Waals surface area (Å²) in [5.41, 5.74) is 2.60. The van der Waals surface area contributed by atoms with E-state index >= 15 is 0 Å². The maximum Gasteiger partial charge on any atom is 0.0424 e. The summed E-state index contributed by atoms with van der Waals surface area (Å²) in [6, 6.07) is 16.8. The maximum absolute atomic E-state index is 6.12. The molecule has 3 atom stereocenters. The molecule has 1 saturated carbocycles. The predicted molar refractivity (Wildman–Crippen MR) is 85.6 cm³/mol. The number of nitrogens with one attached hydrogen (secondary N) is 1. The van der Waals surface area contributed by atoms with Crippen LogP contribution in [0.4, 0.5) is 0 Å². The Bertz CT molecular complexity index is 577. The Kier molecular flexibility index (Phi) is 4.02. The van der Waals surface area contributed by atoms with Crippen LogP contribution < -0.4 is 5.32 Å². The topological polar surface area (TPSA) is 12.0 Å². The van der Waals surface area contributed by atoms with Gasteiger partial charge in [-0.2, -0.15) is 0 Å². The molecule has 104 valence electrons. The smallest absolute Gasteiger partial charge is 0.0424 e. The molecular formula is C17H17Cl2N. The third-order valence-electron chi connectivity index (χ3n) is 4.05. The van der Waals surface area contributed by atoms with Crippen LogP contribution in [-0.2, 0) is 0 Å². The molecule has 20 heavy (non-hydrogen) atoms. The Balaban J connectivity index is 1.82. The zero-order valence-electron chi connectivity index (χ0n) is 11.3. The van der Waals surface area contributed by atoms with Gasteiger partial charge in [0.1, 0.15) is 0 Å². The summed E-state index contributed by atoms with van der Waals surface area (Å²) in [5, 5.41) is 4.81. The van der Waals surface area contributed by atoms with Gasteiger partial charge in [0, 0.05) is 16.1 Å². The number of hydrogen-bond donors (Lipinski definition) is 1. The van der Waals surface area contributed by atoms with Gasteiger partial charge in [0.2, 0.25) is 0 Å². The second kappa shape index (κ2) is 5.77. The number of hydrogen-bond acceptors (Lipinski definition) is 1. The highest BCUT2D eigenvalue weighted by Gasteiger charge is 2.43. The van der Waals surface area contributed by atoms with Crippen LogP contribution in [0.25, 0.3) is 0 Å². The van der Waals surface area contributed by atoms with Crippen molar-refractivity contribution in [2.24, 2.45) is 5.92 Å². The summed E-state index contributed by atoms with van der Waals surface area (Å²) in [4.78, 5) is 0. The lowest BCUT2D eigenvalue weighted by Gasteiger charge is -2.17. The quantitative estimate of drug-likeness (QED) is 0.832. The van der Waals surface area contributed by atoms with Crippen LogP contribution in [0.5, 0.6) is 0 Å². The Hall–Kier alpha value is -1.02. The molecule has 2 aromatic rings. The van der Waals surface area contributed by atoms with Crippen molar-refractivity contribution in [2.45, 2.75) is 18.4 Å². The SMILES string of the molecule is CNC(c1cc(Cl)cc(Cl)c1)C1CC1c1ccccc1. The van der Waals surface area contributed by atoms with Crippen molar-refractivity contribution in [2.75, 3.05) is 7.05 Å². The molecule has 1 N–H and O–H groups in total. The monoisotopic (exact) mass is 305 g/mol. The van der Waals surface area contributed by atoms with Gasteiger partial charge in [-0.3, -0.25) is 0 Å². The molecule has 0 aromatic heterocycles. The lowest BCUT2D eigenvalue weighted by molar-refractivity contribution is 0.518. The minimum absolute atomic E-state index is 0.302. The Labute approximate surface area is 129 Å². The minimum Gasteiger partial charge on any atom is -0.313 e. The van der Waals surface area contributed by atoms with Crippen LogP contribution in [0.1, 0.15) is 29.5 Å². The van der Waals surface area contributed by atoms with Crippen molar-refractivity contribution in [3.8, 4) is 0 Å². The first kappa shape index (κ1) is 13.9. The number of benzene rings is 2. The highest BCUT2D eigenvalue weighted by Crippen LogP contribution is 2.54. The van der Waals surface area contributed by atoms with Gasteiger partial charge in [0.15, 0.2) is 0 Å². The van der Waals surface area contributed by atoms with Crippen molar-refractivity contribution >= 4 is 23.2 Å². The molecule has 0 spiro atoms. The van der Waals surface area contributed by atoms with Gasteiger partial charge in [-0.15, -0.1) is 0 Å². The molecule has 3 unspecified atom stereocenters. The summed E-state index contributed by atoms with van der Waals surface area (Å²) in [6.45, 7) is 0. The van der Waals surface area contributed by atoms with Crippen LogP contribution >= 0.6 is 23.2 Å². The standard InChI is InChI=1S/C17H17Cl2N/c1-20-17(12-7-13(18)9-14(19)8-12)16-10-15(16)11-5-3-2-4-6-11/h2-9,15-17,20H,10H2,1H3. The Morgan fingerprint density at radius 3 is 2.30 bits per heavy atom. The van der Waals surface area contributed by atoms with E-state index in [1.807, 2.05) is 19.2 Å². The summed E-state index contributed by atoms with van der Waals surface area (Å²) in [5.74, 6) is 1.24. The summed E-state index contributed by atoms with van der Waals surface area (Å²) in [7, 11) is 2.00. The molecule has 0 heterocycles. The zero-order chi connectivity index (χ0) is 14.1. The first-order valence-electron chi connectivity index (χ1n) is 6.87. The summed E-state index contributed by atoms with van der Waals surface area (Å²) < 4.78 is 0. The fourth-order valence-electron chi connectivity index (χ4n) is 3.05. The largest absolute Gasteiger partial charge is 0.313 e. The van der Waals surface area contributed by atoms with Crippen LogP contribution in [0.3, 0.4) is 0 Å². The van der Waals surface area contributed by atoms with E-state index in [4.69, 9.17) is 23.2 Å². The van der Waals surface area contributed by atoms with Gasteiger partial charge >= 0.3 is 0 Å². The minimum atomic E-state index is 0.302. The molecule has 0 amide bonds. The highest BCUT2D eigenvalue weighted by molar-refractivity contribution is 6.34. The van der Waals surface area contributed by atoms with Gasteiger partial charge in [-0.05, 0) is 54.6 Å². The average molecular weight is 306 g/mol. The maximum atomic E-state index is 6.12. The van der Waals surface area contributed by atoms with E-state index in [9.17, 15) is 0 Å². The molecule has 3 rings (SSSR count). The molecule has 0 bridgehead atoms. The van der Waals surface area contributed by atoms with Gasteiger partial charge in [0.05, 0.1) is 0 Å². The predicted octanol–water partition coefficient (Wildman–Crippen LogP) is 5.06. The number of rotatable bonds is 4. The molecule has 0 radical (unpaired) electrons. The Morgan fingerprint density at radius 1 is 1.05 bits per heavy atom. The van der Waals surface area contributed by atoms with Crippen LogP contribution in [-0.4, -0.2) is 7.05 Å². The van der Waals surface area contributed by atoms with E-state index < -0.39 is 0 Å². The molecule has 1 aliphatic rings. The average Bonchev–Trinajstić information content (AvgIpc) is 3.20. The molecule has 1 aliphatic carbocycles. The third-order valence-corrected chi connectivity index (χ3v) is 4.49. The van der Waals surface area contributed by atoms with Crippen molar-refractivity contribution < 1.29 is 0 Å². The number of halogens is 2. The van der Waals surface area contributed by atoms with E-state index in [2.05, 4.69) is 35.6 Å². The van der Waals surface area contributed by atoms with Crippen LogP contribution in [0.2, 0.25) is 10.0 Å². The highest BCUT2D eigenvalue weighted by atomic mass is 35.5. The van der Waals surface area contributed by atoms with Crippen LogP contribution in [0, 0.1) is 5.92 Å². The molecular weight excluding hydrogens is 289 g/mol. The van der Waals surface area contributed by atoms with Crippen LogP contribution in [0.15, 0.2) is 48.5 Å². The molecule has 3 heteroatoms. The normalized spacial score (nSPS) is 22.6. The summed E-state index contributed by atoms with van der Waals surface area (Å²) >= 11 is 12.2. The molecule has 0 saturated heterocycles. The van der Waals surface area contributed by atoms with E-state index in [-0.39, 0.29) is 0 Å². The van der Waals surface area contributed by atoms with Crippen molar-refractivity contribution in [1.82, 2.24) is 5.32 Å². The second-order valence-corrected chi connectivity index (χ2v) is 6.26. The van der Waals surface area contributed by atoms with Crippen molar-refractivity contribution in [3.05, 3.63) is 69.7 Å². The first-order valence-corrected chi connectivity index (χ1v) is 7.63.